The molecule has 1 nitrogen and oxygen atoms in total. The van der Waals surface area contributed by atoms with Crippen molar-refractivity contribution in [2.24, 2.45) is 5.92 Å². The number of hydrogen-bond acceptors (Lipinski definition) is 0. The fourth-order valence-corrected chi connectivity index (χ4v) is 6.90. The van der Waals surface area contributed by atoms with E-state index in [2.05, 4.69) is 132 Å². The molecular formula is C38H23N. The maximum atomic E-state index is 3.35. The summed E-state index contributed by atoms with van der Waals surface area (Å²) in [6, 6.07) is 39.7. The molecule has 2 aromatic heterocycles. The minimum atomic E-state index is 0.428. The zero-order valence-corrected chi connectivity index (χ0v) is 21.3. The molecule has 2 aliphatic carbocycles. The molecule has 0 fully saturated rings. The Hall–Kier alpha value is -5.06. The van der Waals surface area contributed by atoms with Gasteiger partial charge < -0.3 is 4.40 Å². The third kappa shape index (κ3) is 2.92. The van der Waals surface area contributed by atoms with Crippen LogP contribution in [0.3, 0.4) is 0 Å². The van der Waals surface area contributed by atoms with Gasteiger partial charge in [0.15, 0.2) is 0 Å². The van der Waals surface area contributed by atoms with Crippen LogP contribution < -0.4 is 0 Å². The van der Waals surface area contributed by atoms with Gasteiger partial charge in [0.2, 0.25) is 0 Å². The molecule has 0 radical (unpaired) electrons. The highest BCUT2D eigenvalue weighted by Gasteiger charge is 2.28. The Morgan fingerprint density at radius 2 is 1.56 bits per heavy atom. The summed E-state index contributed by atoms with van der Waals surface area (Å²) >= 11 is 0. The molecule has 0 saturated heterocycles. The van der Waals surface area contributed by atoms with Crippen LogP contribution in [-0.4, -0.2) is 4.40 Å². The van der Waals surface area contributed by atoms with Gasteiger partial charge in [-0.1, -0.05) is 91.0 Å². The Kier molecular flexibility index (Phi) is 4.15. The number of fused-ring (bicyclic) bond motifs is 8. The summed E-state index contributed by atoms with van der Waals surface area (Å²) in [6.45, 7) is 0. The van der Waals surface area contributed by atoms with Gasteiger partial charge in [-0.25, -0.2) is 0 Å². The minimum absolute atomic E-state index is 0.428. The first-order valence-corrected chi connectivity index (χ1v) is 13.6. The van der Waals surface area contributed by atoms with Gasteiger partial charge in [-0.15, -0.1) is 0 Å². The van der Waals surface area contributed by atoms with Crippen LogP contribution in [-0.2, 0) is 6.42 Å². The third-order valence-corrected chi connectivity index (χ3v) is 8.67. The summed E-state index contributed by atoms with van der Waals surface area (Å²) in [4.78, 5) is 0. The quantitative estimate of drug-likeness (QED) is 0.226. The summed E-state index contributed by atoms with van der Waals surface area (Å²) in [5, 5.41) is 6.25. The smallest absolute Gasteiger partial charge is 0.0617 e. The standard InChI is InChI=1S/C38H23N/c1-2-10-24(11-3-1)30-16-8-9-17-31(30)29-20-34-32-18-25-12-4-6-14-27(25)22-36(32)39-37-23-28-15-7-5-13-26(28)19-33(37)35(21-29)38(34)39/h1-4,6-12,14-21,23,27H,22H2. The summed E-state index contributed by atoms with van der Waals surface area (Å²) in [7, 11) is 0. The molecule has 0 spiro atoms. The lowest BCUT2D eigenvalue weighted by Crippen LogP contribution is -2.12. The second-order valence-corrected chi connectivity index (χ2v) is 10.8. The van der Waals surface area contributed by atoms with Crippen molar-refractivity contribution in [1.29, 1.82) is 0 Å². The molecule has 7 aromatic rings. The van der Waals surface area contributed by atoms with Crippen molar-refractivity contribution in [2.75, 3.05) is 0 Å². The van der Waals surface area contributed by atoms with Crippen molar-refractivity contribution < 1.29 is 0 Å². The van der Waals surface area contributed by atoms with E-state index in [0.717, 1.165) is 11.8 Å². The highest BCUT2D eigenvalue weighted by Crippen LogP contribution is 2.46. The maximum Gasteiger partial charge on any atom is 0.0617 e. The van der Waals surface area contributed by atoms with Crippen LogP contribution >= 0.6 is 0 Å². The van der Waals surface area contributed by atoms with E-state index in [1.165, 1.54) is 71.7 Å². The Morgan fingerprint density at radius 3 is 2.46 bits per heavy atom. The van der Waals surface area contributed by atoms with Gasteiger partial charge in [-0.2, -0.15) is 0 Å². The van der Waals surface area contributed by atoms with E-state index in [9.17, 15) is 0 Å². The molecule has 180 valence electrons. The van der Waals surface area contributed by atoms with E-state index in [0.29, 0.717) is 5.92 Å². The van der Waals surface area contributed by atoms with Gasteiger partial charge in [0, 0.05) is 38.7 Å². The Balaban J connectivity index is 1.43. The molecule has 2 aliphatic rings. The van der Waals surface area contributed by atoms with Crippen molar-refractivity contribution in [3.05, 3.63) is 144 Å². The van der Waals surface area contributed by atoms with Crippen LogP contribution in [0.4, 0.5) is 0 Å². The van der Waals surface area contributed by atoms with Crippen molar-refractivity contribution in [2.45, 2.75) is 6.42 Å². The summed E-state index contributed by atoms with van der Waals surface area (Å²) in [5.41, 5.74) is 11.8. The van der Waals surface area contributed by atoms with Crippen molar-refractivity contribution in [3.63, 3.8) is 0 Å². The first-order chi connectivity index (χ1) is 19.3. The molecule has 2 heterocycles. The van der Waals surface area contributed by atoms with Gasteiger partial charge in [-0.3, -0.25) is 0 Å². The van der Waals surface area contributed by atoms with Gasteiger partial charge in [0.05, 0.1) is 11.0 Å². The Labute approximate surface area is 227 Å². The number of allylic oxidation sites excluding steroid dienone is 5. The average molecular weight is 494 g/mol. The number of benzene rings is 4. The molecule has 0 saturated carbocycles. The molecule has 5 aromatic carbocycles. The maximum absolute atomic E-state index is 3.35. The van der Waals surface area contributed by atoms with Crippen molar-refractivity contribution >= 4 is 44.0 Å². The topological polar surface area (TPSA) is 4.41 Å². The van der Waals surface area contributed by atoms with E-state index in [4.69, 9.17) is 0 Å². The summed E-state index contributed by atoms with van der Waals surface area (Å²) in [5.74, 6) is 0.428. The first-order valence-electron chi connectivity index (χ1n) is 13.6. The number of nitrogens with zero attached hydrogens (tertiary/aromatic N) is 1. The second kappa shape index (κ2) is 7.73. The lowest BCUT2D eigenvalue weighted by atomic mass is 9.83. The fraction of sp³-hybridized carbons (Fsp3) is 0.0526. The van der Waals surface area contributed by atoms with E-state index >= 15 is 0 Å². The van der Waals surface area contributed by atoms with Gasteiger partial charge in [-0.05, 0) is 82.1 Å². The number of rotatable bonds is 2. The predicted molar refractivity (Wildman–Crippen MR) is 163 cm³/mol. The molecule has 0 amide bonds. The van der Waals surface area contributed by atoms with Gasteiger partial charge >= 0.3 is 0 Å². The number of hydrogen-bond donors (Lipinski definition) is 0. The van der Waals surface area contributed by atoms with Crippen LogP contribution in [0.1, 0.15) is 11.3 Å². The minimum Gasteiger partial charge on any atom is -0.312 e. The first kappa shape index (κ1) is 20.9. The number of aromatic nitrogens is 1. The zero-order chi connectivity index (χ0) is 25.5. The normalized spacial score (nSPS) is 16.1. The predicted octanol–water partition coefficient (Wildman–Crippen LogP) is 9.45. The van der Waals surface area contributed by atoms with Crippen LogP contribution in [0.15, 0.2) is 121 Å². The van der Waals surface area contributed by atoms with E-state index in [-0.39, 0.29) is 0 Å². The molecule has 1 unspecified atom stereocenters. The Bertz CT molecular complexity index is 2190. The summed E-state index contributed by atoms with van der Waals surface area (Å²) in [6.07, 6.45) is 12.4. The zero-order valence-electron chi connectivity index (χ0n) is 21.3. The average Bonchev–Trinajstić information content (AvgIpc) is 3.49. The van der Waals surface area contributed by atoms with Crippen LogP contribution in [0.2, 0.25) is 0 Å². The van der Waals surface area contributed by atoms with Crippen LogP contribution in [0.25, 0.3) is 66.3 Å². The summed E-state index contributed by atoms with van der Waals surface area (Å²) < 4.78 is 2.55. The van der Waals surface area contributed by atoms with E-state index in [1.54, 1.807) is 0 Å². The highest BCUT2D eigenvalue weighted by molar-refractivity contribution is 6.20. The lowest BCUT2D eigenvalue weighted by Gasteiger charge is -2.22. The van der Waals surface area contributed by atoms with Crippen LogP contribution in [0.5, 0.6) is 0 Å². The molecule has 39 heavy (non-hydrogen) atoms. The monoisotopic (exact) mass is 493 g/mol. The van der Waals surface area contributed by atoms with Gasteiger partial charge in [0.1, 0.15) is 0 Å². The van der Waals surface area contributed by atoms with Gasteiger partial charge in [0.25, 0.3) is 0 Å². The fourth-order valence-electron chi connectivity index (χ4n) is 6.90. The molecular weight excluding hydrogens is 470 g/mol. The molecule has 0 N–H and O–H groups in total. The largest absolute Gasteiger partial charge is 0.312 e. The molecule has 1 heteroatoms. The highest BCUT2D eigenvalue weighted by atomic mass is 14.9. The molecule has 1 atom stereocenters. The Morgan fingerprint density at radius 1 is 0.744 bits per heavy atom. The second-order valence-electron chi connectivity index (χ2n) is 10.8. The molecule has 0 bridgehead atoms. The van der Waals surface area contributed by atoms with E-state index < -0.39 is 0 Å². The van der Waals surface area contributed by atoms with Crippen LogP contribution in [0, 0.1) is 18.1 Å². The van der Waals surface area contributed by atoms with Crippen molar-refractivity contribution in [1.82, 2.24) is 4.40 Å². The molecule has 9 rings (SSSR count). The van der Waals surface area contributed by atoms with E-state index in [1.807, 2.05) is 6.07 Å². The SMILES string of the molecule is c1ccc2cc3c(cc2c#1)c1cc(-c2ccccc2-c2ccccc2)cc2c4c(n3c21)CC1C=CC=CC1=C4. The third-order valence-electron chi connectivity index (χ3n) is 8.67. The van der Waals surface area contributed by atoms with Crippen molar-refractivity contribution in [3.8, 4) is 22.3 Å². The lowest BCUT2D eigenvalue weighted by molar-refractivity contribution is 0.737. The molecule has 0 aliphatic heterocycles.